The Balaban J connectivity index is 1.99. The average molecular weight is 135 g/mol. The van der Waals surface area contributed by atoms with Crippen molar-refractivity contribution in [3.05, 3.63) is 23.9 Å². The third-order valence-electron chi connectivity index (χ3n) is 2.24. The van der Waals surface area contributed by atoms with Crippen molar-refractivity contribution in [2.75, 3.05) is 13.1 Å². The van der Waals surface area contributed by atoms with Crippen molar-refractivity contribution in [2.45, 2.75) is 19.3 Å². The molecule has 0 fully saturated rings. The molecule has 0 saturated carbocycles. The van der Waals surface area contributed by atoms with Crippen molar-refractivity contribution < 1.29 is 0 Å². The summed E-state index contributed by atoms with van der Waals surface area (Å²) in [6.45, 7) is 2.29. The van der Waals surface area contributed by atoms with E-state index in [-0.39, 0.29) is 0 Å². The first-order valence-corrected chi connectivity index (χ1v) is 4.06. The summed E-state index contributed by atoms with van der Waals surface area (Å²) in [5, 5.41) is 0. The maximum absolute atomic E-state index is 2.45. The quantitative estimate of drug-likeness (QED) is 0.496. The Morgan fingerprint density at radius 2 is 2.00 bits per heavy atom. The predicted octanol–water partition coefficient (Wildman–Crippen LogP) is 1.93. The van der Waals surface area contributed by atoms with Gasteiger partial charge in [0, 0.05) is 18.8 Å². The minimum atomic E-state index is 1.14. The minimum Gasteiger partial charge on any atom is -0.368 e. The zero-order chi connectivity index (χ0) is 6.81. The minimum absolute atomic E-state index is 1.14. The highest BCUT2D eigenvalue weighted by molar-refractivity contribution is 5.12. The van der Waals surface area contributed by atoms with Crippen LogP contribution in [0.15, 0.2) is 23.9 Å². The zero-order valence-corrected chi connectivity index (χ0v) is 6.21. The summed E-state index contributed by atoms with van der Waals surface area (Å²) in [4.78, 5) is 2.45. The molecule has 1 heterocycles. The van der Waals surface area contributed by atoms with Gasteiger partial charge in [-0.15, -0.1) is 0 Å². The molecule has 0 bridgehead atoms. The first-order valence-electron chi connectivity index (χ1n) is 4.06. The number of nitrogens with zero attached hydrogens (tertiary/aromatic N) is 1. The zero-order valence-electron chi connectivity index (χ0n) is 6.21. The number of rotatable bonds is 1. The Labute approximate surface area is 62.0 Å². The van der Waals surface area contributed by atoms with E-state index in [9.17, 15) is 0 Å². The third-order valence-corrected chi connectivity index (χ3v) is 2.24. The predicted molar refractivity (Wildman–Crippen MR) is 42.6 cm³/mol. The Kier molecular flexibility index (Phi) is 1.50. The SMILES string of the molecule is C1=CCN(C2=CCCC2)C1. The molecule has 0 unspecified atom stereocenters. The third kappa shape index (κ3) is 0.962. The van der Waals surface area contributed by atoms with Gasteiger partial charge in [-0.1, -0.05) is 18.2 Å². The molecule has 1 aliphatic carbocycles. The molecule has 10 heavy (non-hydrogen) atoms. The molecule has 0 radical (unpaired) electrons. The number of allylic oxidation sites excluding steroid dienone is 2. The van der Waals surface area contributed by atoms with Crippen molar-refractivity contribution in [3.63, 3.8) is 0 Å². The van der Waals surface area contributed by atoms with Gasteiger partial charge in [0.15, 0.2) is 0 Å². The molecule has 0 aromatic heterocycles. The van der Waals surface area contributed by atoms with Crippen molar-refractivity contribution in [1.82, 2.24) is 4.90 Å². The molecule has 0 atom stereocenters. The Morgan fingerprint density at radius 3 is 2.60 bits per heavy atom. The summed E-state index contributed by atoms with van der Waals surface area (Å²) < 4.78 is 0. The van der Waals surface area contributed by atoms with Crippen LogP contribution in [0.4, 0.5) is 0 Å². The molecule has 1 nitrogen and oxygen atoms in total. The van der Waals surface area contributed by atoms with Gasteiger partial charge >= 0.3 is 0 Å². The van der Waals surface area contributed by atoms with E-state index in [0.29, 0.717) is 0 Å². The smallest absolute Gasteiger partial charge is 0.0360 e. The van der Waals surface area contributed by atoms with Gasteiger partial charge in [-0.05, 0) is 19.3 Å². The molecule has 2 aliphatic rings. The molecule has 0 saturated heterocycles. The van der Waals surface area contributed by atoms with E-state index in [1.165, 1.54) is 19.3 Å². The lowest BCUT2D eigenvalue weighted by molar-refractivity contribution is 0.431. The van der Waals surface area contributed by atoms with Gasteiger partial charge in [0.05, 0.1) is 0 Å². The summed E-state index contributed by atoms with van der Waals surface area (Å²) in [6, 6.07) is 0. The lowest BCUT2D eigenvalue weighted by atomic mass is 10.3. The van der Waals surface area contributed by atoms with Crippen LogP contribution in [0.1, 0.15) is 19.3 Å². The topological polar surface area (TPSA) is 3.24 Å². The Hall–Kier alpha value is -0.720. The van der Waals surface area contributed by atoms with Crippen LogP contribution in [0.25, 0.3) is 0 Å². The van der Waals surface area contributed by atoms with Crippen LogP contribution in [-0.4, -0.2) is 18.0 Å². The number of hydrogen-bond donors (Lipinski definition) is 0. The maximum Gasteiger partial charge on any atom is 0.0360 e. The highest BCUT2D eigenvalue weighted by atomic mass is 15.1. The van der Waals surface area contributed by atoms with Gasteiger partial charge in [-0.25, -0.2) is 0 Å². The van der Waals surface area contributed by atoms with Crippen LogP contribution in [0, 0.1) is 0 Å². The average Bonchev–Trinajstić information content (AvgIpc) is 2.59. The van der Waals surface area contributed by atoms with E-state index in [1.54, 1.807) is 5.70 Å². The first-order chi connectivity index (χ1) is 4.97. The fourth-order valence-corrected chi connectivity index (χ4v) is 1.65. The molecule has 2 rings (SSSR count). The normalized spacial score (nSPS) is 24.0. The van der Waals surface area contributed by atoms with E-state index in [4.69, 9.17) is 0 Å². The Bertz CT molecular complexity index is 171. The summed E-state index contributed by atoms with van der Waals surface area (Å²) in [5.74, 6) is 0. The van der Waals surface area contributed by atoms with Crippen LogP contribution >= 0.6 is 0 Å². The standard InChI is InChI=1S/C9H13N/c1-2-6-9(5-1)10-7-3-4-8-10/h3-5H,1-2,6-8H2. The van der Waals surface area contributed by atoms with Gasteiger partial charge in [0.1, 0.15) is 0 Å². The fourth-order valence-electron chi connectivity index (χ4n) is 1.65. The molecule has 54 valence electrons. The van der Waals surface area contributed by atoms with Crippen LogP contribution in [0.3, 0.4) is 0 Å². The van der Waals surface area contributed by atoms with Crippen molar-refractivity contribution in [2.24, 2.45) is 0 Å². The van der Waals surface area contributed by atoms with Crippen LogP contribution < -0.4 is 0 Å². The van der Waals surface area contributed by atoms with E-state index < -0.39 is 0 Å². The molecule has 0 spiro atoms. The highest BCUT2D eigenvalue weighted by Crippen LogP contribution is 2.22. The van der Waals surface area contributed by atoms with Gasteiger partial charge in [0.25, 0.3) is 0 Å². The van der Waals surface area contributed by atoms with Gasteiger partial charge in [0.2, 0.25) is 0 Å². The molecule has 0 amide bonds. The van der Waals surface area contributed by atoms with E-state index >= 15 is 0 Å². The largest absolute Gasteiger partial charge is 0.368 e. The van der Waals surface area contributed by atoms with E-state index in [2.05, 4.69) is 23.1 Å². The van der Waals surface area contributed by atoms with Crippen molar-refractivity contribution in [1.29, 1.82) is 0 Å². The second-order valence-electron chi connectivity index (χ2n) is 2.96. The maximum atomic E-state index is 2.45. The molecule has 0 N–H and O–H groups in total. The summed E-state index contributed by atoms with van der Waals surface area (Å²) in [5.41, 5.74) is 1.57. The molecular weight excluding hydrogens is 122 g/mol. The van der Waals surface area contributed by atoms with Gasteiger partial charge in [-0.2, -0.15) is 0 Å². The molecule has 1 aliphatic heterocycles. The second kappa shape index (κ2) is 2.49. The van der Waals surface area contributed by atoms with Gasteiger partial charge in [-0.3, -0.25) is 0 Å². The summed E-state index contributed by atoms with van der Waals surface area (Å²) >= 11 is 0. The van der Waals surface area contributed by atoms with Crippen LogP contribution in [-0.2, 0) is 0 Å². The lowest BCUT2D eigenvalue weighted by Crippen LogP contribution is -2.17. The van der Waals surface area contributed by atoms with Crippen molar-refractivity contribution >= 4 is 0 Å². The highest BCUT2D eigenvalue weighted by Gasteiger charge is 2.12. The summed E-state index contributed by atoms with van der Waals surface area (Å²) in [6.07, 6.45) is 10.9. The first kappa shape index (κ1) is 6.02. The lowest BCUT2D eigenvalue weighted by Gasteiger charge is -2.18. The van der Waals surface area contributed by atoms with Gasteiger partial charge < -0.3 is 4.90 Å². The Morgan fingerprint density at radius 1 is 1.20 bits per heavy atom. The molecule has 0 aromatic rings. The number of hydrogen-bond acceptors (Lipinski definition) is 1. The van der Waals surface area contributed by atoms with E-state index in [0.717, 1.165) is 13.1 Å². The summed E-state index contributed by atoms with van der Waals surface area (Å²) in [7, 11) is 0. The van der Waals surface area contributed by atoms with Crippen molar-refractivity contribution in [3.8, 4) is 0 Å². The molecule has 1 heteroatoms. The monoisotopic (exact) mass is 135 g/mol. The molecular formula is C9H13N. The van der Waals surface area contributed by atoms with E-state index in [1.807, 2.05) is 0 Å². The fraction of sp³-hybridized carbons (Fsp3) is 0.556. The van der Waals surface area contributed by atoms with Crippen LogP contribution in [0.2, 0.25) is 0 Å². The second-order valence-corrected chi connectivity index (χ2v) is 2.96. The van der Waals surface area contributed by atoms with Crippen LogP contribution in [0.5, 0.6) is 0 Å². The molecule has 0 aromatic carbocycles.